The molecule has 2 aliphatic heterocycles. The molecule has 0 aliphatic carbocycles. The van der Waals surface area contributed by atoms with Crippen molar-refractivity contribution < 1.29 is 14.5 Å². The Balaban J connectivity index is 1.32. The molecule has 178 valence electrons. The van der Waals surface area contributed by atoms with Gasteiger partial charge in [0.1, 0.15) is 6.04 Å². The SMILES string of the molecule is O=C([C@@H](Cc1ccccc1)N1Cc2ccccc2C1=O)N1CCN(c2ccc([N+](=O)[O-])cc2)CC1. The minimum atomic E-state index is -0.580. The summed E-state index contributed by atoms with van der Waals surface area (Å²) in [6.45, 7) is 2.72. The van der Waals surface area contributed by atoms with Crippen LogP contribution in [0.4, 0.5) is 11.4 Å². The molecular weight excluding hydrogens is 444 g/mol. The fourth-order valence-corrected chi connectivity index (χ4v) is 4.88. The van der Waals surface area contributed by atoms with Crippen molar-refractivity contribution >= 4 is 23.2 Å². The summed E-state index contributed by atoms with van der Waals surface area (Å²) >= 11 is 0. The van der Waals surface area contributed by atoms with E-state index in [1.54, 1.807) is 17.0 Å². The van der Waals surface area contributed by atoms with Gasteiger partial charge < -0.3 is 14.7 Å². The standard InChI is InChI=1S/C27H26N4O4/c32-26-24-9-5-4-8-21(24)19-30(26)25(18-20-6-2-1-3-7-20)27(33)29-16-14-28(15-17-29)22-10-12-23(13-11-22)31(34)35/h1-13,25H,14-19H2/t25-/m1/s1. The fourth-order valence-electron chi connectivity index (χ4n) is 4.88. The second kappa shape index (κ2) is 9.58. The molecule has 5 rings (SSSR count). The van der Waals surface area contributed by atoms with E-state index in [4.69, 9.17) is 0 Å². The van der Waals surface area contributed by atoms with E-state index in [9.17, 15) is 19.7 Å². The number of nitrogens with zero attached hydrogens (tertiary/aromatic N) is 4. The summed E-state index contributed by atoms with van der Waals surface area (Å²) in [5.74, 6) is -0.141. The molecule has 35 heavy (non-hydrogen) atoms. The van der Waals surface area contributed by atoms with Crippen LogP contribution in [0.5, 0.6) is 0 Å². The lowest BCUT2D eigenvalue weighted by atomic mass is 10.0. The number of nitro benzene ring substituents is 1. The number of piperazine rings is 1. The summed E-state index contributed by atoms with van der Waals surface area (Å²) in [6.07, 6.45) is 0.460. The smallest absolute Gasteiger partial charge is 0.269 e. The largest absolute Gasteiger partial charge is 0.368 e. The van der Waals surface area contributed by atoms with Crippen molar-refractivity contribution in [2.75, 3.05) is 31.1 Å². The van der Waals surface area contributed by atoms with Crippen molar-refractivity contribution in [3.63, 3.8) is 0 Å². The second-order valence-corrected chi connectivity index (χ2v) is 8.88. The number of non-ortho nitro benzene ring substituents is 1. The Kier molecular flexibility index (Phi) is 6.18. The minimum Gasteiger partial charge on any atom is -0.368 e. The molecule has 1 saturated heterocycles. The van der Waals surface area contributed by atoms with Crippen LogP contribution >= 0.6 is 0 Å². The fraction of sp³-hybridized carbons (Fsp3) is 0.259. The highest BCUT2D eigenvalue weighted by Crippen LogP contribution is 2.27. The van der Waals surface area contributed by atoms with Gasteiger partial charge in [-0.15, -0.1) is 0 Å². The summed E-state index contributed by atoms with van der Waals surface area (Å²) < 4.78 is 0. The maximum Gasteiger partial charge on any atom is 0.269 e. The first-order chi connectivity index (χ1) is 17.0. The van der Waals surface area contributed by atoms with Gasteiger partial charge in [-0.25, -0.2) is 0 Å². The number of fused-ring (bicyclic) bond motifs is 1. The average Bonchev–Trinajstić information content (AvgIpc) is 3.24. The number of amides is 2. The third-order valence-electron chi connectivity index (χ3n) is 6.80. The molecule has 0 aromatic heterocycles. The summed E-state index contributed by atoms with van der Waals surface area (Å²) in [4.78, 5) is 43.2. The van der Waals surface area contributed by atoms with Gasteiger partial charge in [-0.05, 0) is 29.3 Å². The van der Waals surface area contributed by atoms with Gasteiger partial charge in [0.25, 0.3) is 11.6 Å². The van der Waals surface area contributed by atoms with Crippen molar-refractivity contribution in [3.05, 3.63) is 106 Å². The van der Waals surface area contributed by atoms with Crippen LogP contribution in [0.25, 0.3) is 0 Å². The molecule has 2 heterocycles. The van der Waals surface area contributed by atoms with Gasteiger partial charge >= 0.3 is 0 Å². The molecule has 0 saturated carbocycles. The Hall–Kier alpha value is -4.20. The molecule has 3 aromatic rings. The summed E-state index contributed by atoms with van der Waals surface area (Å²) in [6, 6.07) is 23.2. The van der Waals surface area contributed by atoms with Crippen LogP contribution < -0.4 is 4.90 Å². The summed E-state index contributed by atoms with van der Waals surface area (Å²) in [5.41, 5.74) is 3.59. The molecule has 1 atom stereocenters. The molecule has 8 nitrogen and oxygen atoms in total. The lowest BCUT2D eigenvalue weighted by Gasteiger charge is -2.39. The zero-order valence-corrected chi connectivity index (χ0v) is 19.2. The molecule has 0 radical (unpaired) electrons. The van der Waals surface area contributed by atoms with Crippen LogP contribution in [0.2, 0.25) is 0 Å². The lowest BCUT2D eigenvalue weighted by molar-refractivity contribution is -0.384. The Morgan fingerprint density at radius 2 is 1.54 bits per heavy atom. The monoisotopic (exact) mass is 470 g/mol. The summed E-state index contributed by atoms with van der Waals surface area (Å²) in [7, 11) is 0. The van der Waals surface area contributed by atoms with Crippen LogP contribution in [-0.4, -0.2) is 58.8 Å². The van der Waals surface area contributed by atoms with E-state index in [1.807, 2.05) is 59.5 Å². The van der Waals surface area contributed by atoms with E-state index in [2.05, 4.69) is 4.90 Å². The molecule has 0 unspecified atom stereocenters. The number of carbonyl (C=O) groups is 2. The normalized spacial score (nSPS) is 16.2. The maximum absolute atomic E-state index is 13.8. The lowest BCUT2D eigenvalue weighted by Crippen LogP contribution is -2.55. The van der Waals surface area contributed by atoms with Gasteiger partial charge in [0.15, 0.2) is 0 Å². The van der Waals surface area contributed by atoms with Gasteiger partial charge in [0.05, 0.1) is 4.92 Å². The third-order valence-corrected chi connectivity index (χ3v) is 6.80. The molecule has 3 aromatic carbocycles. The predicted octanol–water partition coefficient (Wildman–Crippen LogP) is 3.51. The zero-order chi connectivity index (χ0) is 24.4. The highest BCUT2D eigenvalue weighted by atomic mass is 16.6. The number of hydrogen-bond acceptors (Lipinski definition) is 5. The van der Waals surface area contributed by atoms with Gasteiger partial charge in [-0.1, -0.05) is 48.5 Å². The Morgan fingerprint density at radius 1 is 0.886 bits per heavy atom. The highest BCUT2D eigenvalue weighted by molar-refractivity contribution is 6.01. The van der Waals surface area contributed by atoms with Gasteiger partial charge in [-0.3, -0.25) is 19.7 Å². The van der Waals surface area contributed by atoms with Crippen molar-refractivity contribution in [2.45, 2.75) is 19.0 Å². The van der Waals surface area contributed by atoms with Crippen LogP contribution in [0, 0.1) is 10.1 Å². The van der Waals surface area contributed by atoms with E-state index in [-0.39, 0.29) is 17.5 Å². The number of carbonyl (C=O) groups excluding carboxylic acids is 2. The first-order valence-electron chi connectivity index (χ1n) is 11.7. The van der Waals surface area contributed by atoms with Crippen molar-refractivity contribution in [1.29, 1.82) is 0 Å². The molecular formula is C27H26N4O4. The van der Waals surface area contributed by atoms with Gasteiger partial charge in [0.2, 0.25) is 5.91 Å². The van der Waals surface area contributed by atoms with Gasteiger partial charge in [0, 0.05) is 62.5 Å². The summed E-state index contributed by atoms with van der Waals surface area (Å²) in [5, 5.41) is 10.9. The molecule has 0 spiro atoms. The Morgan fingerprint density at radius 3 is 2.20 bits per heavy atom. The first-order valence-corrected chi connectivity index (χ1v) is 11.7. The van der Waals surface area contributed by atoms with Crippen LogP contribution in [-0.2, 0) is 17.8 Å². The average molecular weight is 471 g/mol. The van der Waals surface area contributed by atoms with Crippen molar-refractivity contribution in [2.24, 2.45) is 0 Å². The number of nitro groups is 1. The molecule has 1 fully saturated rings. The molecule has 2 aliphatic rings. The minimum absolute atomic E-state index is 0.0432. The van der Waals surface area contributed by atoms with Gasteiger partial charge in [-0.2, -0.15) is 0 Å². The molecule has 0 bridgehead atoms. The van der Waals surface area contributed by atoms with Crippen molar-refractivity contribution in [1.82, 2.24) is 9.80 Å². The Labute approximate surface area is 203 Å². The van der Waals surface area contributed by atoms with E-state index in [1.165, 1.54) is 12.1 Å². The van der Waals surface area contributed by atoms with E-state index in [0.29, 0.717) is 44.7 Å². The quantitative estimate of drug-likeness (QED) is 0.407. The number of anilines is 1. The third kappa shape index (κ3) is 4.59. The molecule has 8 heteroatoms. The second-order valence-electron chi connectivity index (χ2n) is 8.88. The van der Waals surface area contributed by atoms with E-state index < -0.39 is 11.0 Å². The number of hydrogen-bond donors (Lipinski definition) is 0. The number of benzene rings is 3. The maximum atomic E-state index is 13.8. The van der Waals surface area contributed by atoms with Crippen LogP contribution in [0.1, 0.15) is 21.5 Å². The number of rotatable bonds is 6. The van der Waals surface area contributed by atoms with Crippen molar-refractivity contribution in [3.8, 4) is 0 Å². The first kappa shape index (κ1) is 22.6. The van der Waals surface area contributed by atoms with E-state index >= 15 is 0 Å². The Bertz CT molecular complexity index is 1240. The topological polar surface area (TPSA) is 87.0 Å². The molecule has 0 N–H and O–H groups in total. The van der Waals surface area contributed by atoms with E-state index in [0.717, 1.165) is 16.8 Å². The molecule has 2 amide bonds. The van der Waals surface area contributed by atoms with Crippen LogP contribution in [0.15, 0.2) is 78.9 Å². The predicted molar refractivity (Wildman–Crippen MR) is 132 cm³/mol. The zero-order valence-electron chi connectivity index (χ0n) is 19.2. The highest BCUT2D eigenvalue weighted by Gasteiger charge is 2.38. The van der Waals surface area contributed by atoms with Crippen LogP contribution in [0.3, 0.4) is 0 Å².